The zero-order valence-corrected chi connectivity index (χ0v) is 9.46. The van der Waals surface area contributed by atoms with Crippen LogP contribution in [0.3, 0.4) is 0 Å². The molecule has 0 saturated carbocycles. The van der Waals surface area contributed by atoms with E-state index in [1.54, 1.807) is 24.5 Å². The summed E-state index contributed by atoms with van der Waals surface area (Å²) in [5, 5.41) is 9.92. The van der Waals surface area contributed by atoms with Crippen LogP contribution in [0.5, 0.6) is 0 Å². The van der Waals surface area contributed by atoms with Gasteiger partial charge in [0.25, 0.3) is 0 Å². The van der Waals surface area contributed by atoms with Gasteiger partial charge in [-0.2, -0.15) is 0 Å². The van der Waals surface area contributed by atoms with Gasteiger partial charge in [0.05, 0.1) is 11.8 Å². The molecule has 0 fully saturated rings. The maximum Gasteiger partial charge on any atom is 0.335 e. The molecule has 0 atom stereocenters. The molecule has 0 spiro atoms. The van der Waals surface area contributed by atoms with Crippen LogP contribution < -0.4 is 0 Å². The predicted molar refractivity (Wildman–Crippen MR) is 68.6 cm³/mol. The van der Waals surface area contributed by atoms with Gasteiger partial charge in [-0.15, -0.1) is 0 Å². The van der Waals surface area contributed by atoms with Crippen LogP contribution in [0.15, 0.2) is 59.2 Å². The number of carboxylic acid groups (broad SMARTS) is 1. The number of furan rings is 1. The fraction of sp³-hybridized carbons (Fsp3) is 0. The first-order valence-corrected chi connectivity index (χ1v) is 5.55. The first kappa shape index (κ1) is 10.6. The molecule has 0 unspecified atom stereocenters. The van der Waals surface area contributed by atoms with E-state index in [4.69, 9.17) is 9.52 Å². The van der Waals surface area contributed by atoms with Crippen LogP contribution in [-0.2, 0) is 0 Å². The summed E-state index contributed by atoms with van der Waals surface area (Å²) in [6.45, 7) is 0. The summed E-state index contributed by atoms with van der Waals surface area (Å²) in [7, 11) is 0. The molecule has 3 rings (SSSR count). The van der Waals surface area contributed by atoms with Gasteiger partial charge in [0.15, 0.2) is 0 Å². The summed E-state index contributed by atoms with van der Waals surface area (Å²) in [6.07, 6.45) is 1.57. The van der Waals surface area contributed by atoms with E-state index < -0.39 is 5.97 Å². The Labute approximate surface area is 103 Å². The SMILES string of the molecule is O=C(O)c1cc(-c2ccccc2)c2occc2c1. The topological polar surface area (TPSA) is 50.4 Å². The number of fused-ring (bicyclic) bond motifs is 1. The molecule has 2 aromatic carbocycles. The summed E-state index contributed by atoms with van der Waals surface area (Å²) in [5.41, 5.74) is 2.73. The lowest BCUT2D eigenvalue weighted by Crippen LogP contribution is -1.96. The summed E-state index contributed by atoms with van der Waals surface area (Å²) in [5.74, 6) is -0.935. The van der Waals surface area contributed by atoms with Crippen molar-refractivity contribution in [1.82, 2.24) is 0 Å². The highest BCUT2D eigenvalue weighted by molar-refractivity contribution is 6.00. The van der Waals surface area contributed by atoms with E-state index in [9.17, 15) is 4.79 Å². The van der Waals surface area contributed by atoms with E-state index >= 15 is 0 Å². The Hall–Kier alpha value is -2.55. The van der Waals surface area contributed by atoms with E-state index in [0.29, 0.717) is 5.58 Å². The van der Waals surface area contributed by atoms with Crippen molar-refractivity contribution in [3.63, 3.8) is 0 Å². The van der Waals surface area contributed by atoms with E-state index in [-0.39, 0.29) is 5.56 Å². The average Bonchev–Trinajstić information content (AvgIpc) is 2.86. The minimum Gasteiger partial charge on any atom is -0.478 e. The number of rotatable bonds is 2. The fourth-order valence-corrected chi connectivity index (χ4v) is 2.04. The lowest BCUT2D eigenvalue weighted by molar-refractivity contribution is 0.0697. The predicted octanol–water partition coefficient (Wildman–Crippen LogP) is 3.80. The smallest absolute Gasteiger partial charge is 0.335 e. The third-order valence-electron chi connectivity index (χ3n) is 2.88. The molecule has 1 N–H and O–H groups in total. The lowest BCUT2D eigenvalue weighted by atomic mass is 10.0. The molecule has 0 bridgehead atoms. The Morgan fingerprint density at radius 3 is 2.56 bits per heavy atom. The molecule has 0 aliphatic carbocycles. The van der Waals surface area contributed by atoms with Crippen LogP contribution in [0.1, 0.15) is 10.4 Å². The Morgan fingerprint density at radius 1 is 1.06 bits per heavy atom. The molecular formula is C15H10O3. The van der Waals surface area contributed by atoms with Crippen molar-refractivity contribution >= 4 is 16.9 Å². The number of carboxylic acids is 1. The Morgan fingerprint density at radius 2 is 1.83 bits per heavy atom. The van der Waals surface area contributed by atoms with Crippen LogP contribution in [-0.4, -0.2) is 11.1 Å². The highest BCUT2D eigenvalue weighted by atomic mass is 16.4. The third kappa shape index (κ3) is 1.66. The quantitative estimate of drug-likeness (QED) is 0.738. The van der Waals surface area contributed by atoms with Gasteiger partial charge in [0.2, 0.25) is 0 Å². The number of carbonyl (C=O) groups is 1. The molecule has 0 radical (unpaired) electrons. The van der Waals surface area contributed by atoms with Crippen LogP contribution in [0.4, 0.5) is 0 Å². The first-order chi connectivity index (χ1) is 8.75. The Bertz CT molecular complexity index is 711. The molecule has 18 heavy (non-hydrogen) atoms. The number of benzene rings is 2. The van der Waals surface area contributed by atoms with Crippen molar-refractivity contribution in [2.24, 2.45) is 0 Å². The third-order valence-corrected chi connectivity index (χ3v) is 2.88. The molecule has 0 amide bonds. The van der Waals surface area contributed by atoms with Gasteiger partial charge >= 0.3 is 5.97 Å². The molecule has 0 aliphatic heterocycles. The summed E-state index contributed by atoms with van der Waals surface area (Å²) < 4.78 is 5.45. The Balaban J connectivity index is 2.33. The van der Waals surface area contributed by atoms with Gasteiger partial charge in [-0.05, 0) is 23.8 Å². The number of hydrogen-bond acceptors (Lipinski definition) is 2. The highest BCUT2D eigenvalue weighted by Crippen LogP contribution is 2.30. The van der Waals surface area contributed by atoms with Crippen LogP contribution in [0.2, 0.25) is 0 Å². The van der Waals surface area contributed by atoms with Crippen molar-refractivity contribution in [2.75, 3.05) is 0 Å². The molecule has 1 aromatic heterocycles. The largest absolute Gasteiger partial charge is 0.478 e. The lowest BCUT2D eigenvalue weighted by Gasteiger charge is -2.04. The van der Waals surface area contributed by atoms with Gasteiger partial charge < -0.3 is 9.52 Å². The molecule has 3 nitrogen and oxygen atoms in total. The van der Waals surface area contributed by atoms with Gasteiger partial charge in [-0.25, -0.2) is 4.79 Å². The molecule has 88 valence electrons. The van der Waals surface area contributed by atoms with Crippen LogP contribution >= 0.6 is 0 Å². The molecule has 1 heterocycles. The molecular weight excluding hydrogens is 228 g/mol. The van der Waals surface area contributed by atoms with Crippen LogP contribution in [0, 0.1) is 0 Å². The number of hydrogen-bond donors (Lipinski definition) is 1. The van der Waals surface area contributed by atoms with Gasteiger partial charge in [0, 0.05) is 10.9 Å². The van der Waals surface area contributed by atoms with E-state index in [1.807, 2.05) is 30.3 Å². The first-order valence-electron chi connectivity index (χ1n) is 5.55. The van der Waals surface area contributed by atoms with E-state index in [1.165, 1.54) is 0 Å². The standard InChI is InChI=1S/C15H10O3/c16-15(17)12-8-11-6-7-18-14(11)13(9-12)10-4-2-1-3-5-10/h1-9H,(H,16,17). The molecule has 0 saturated heterocycles. The molecule has 3 aromatic rings. The fourth-order valence-electron chi connectivity index (χ4n) is 2.04. The zero-order chi connectivity index (χ0) is 12.5. The minimum absolute atomic E-state index is 0.266. The second kappa shape index (κ2) is 4.04. The second-order valence-electron chi connectivity index (χ2n) is 4.03. The van der Waals surface area contributed by atoms with Crippen molar-refractivity contribution in [3.05, 3.63) is 60.4 Å². The number of aromatic carboxylic acids is 1. The van der Waals surface area contributed by atoms with Crippen molar-refractivity contribution < 1.29 is 14.3 Å². The highest BCUT2D eigenvalue weighted by Gasteiger charge is 2.12. The van der Waals surface area contributed by atoms with Crippen molar-refractivity contribution in [2.45, 2.75) is 0 Å². The summed E-state index contributed by atoms with van der Waals surface area (Å²) >= 11 is 0. The maximum absolute atomic E-state index is 11.1. The monoisotopic (exact) mass is 238 g/mol. The maximum atomic E-state index is 11.1. The normalized spacial score (nSPS) is 10.7. The average molecular weight is 238 g/mol. The van der Waals surface area contributed by atoms with Gasteiger partial charge in [-0.1, -0.05) is 30.3 Å². The molecule has 0 aliphatic rings. The van der Waals surface area contributed by atoms with Crippen LogP contribution in [0.25, 0.3) is 22.1 Å². The van der Waals surface area contributed by atoms with E-state index in [2.05, 4.69) is 0 Å². The van der Waals surface area contributed by atoms with Crippen molar-refractivity contribution in [3.8, 4) is 11.1 Å². The summed E-state index contributed by atoms with van der Waals surface area (Å²) in [6, 6.07) is 14.6. The van der Waals surface area contributed by atoms with Gasteiger partial charge in [-0.3, -0.25) is 0 Å². The van der Waals surface area contributed by atoms with Gasteiger partial charge in [0.1, 0.15) is 5.58 Å². The molecule has 3 heteroatoms. The van der Waals surface area contributed by atoms with E-state index in [0.717, 1.165) is 16.5 Å². The summed E-state index contributed by atoms with van der Waals surface area (Å²) in [4.78, 5) is 11.1. The zero-order valence-electron chi connectivity index (χ0n) is 9.46. The van der Waals surface area contributed by atoms with Crippen molar-refractivity contribution in [1.29, 1.82) is 0 Å². The Kier molecular flexibility index (Phi) is 2.38. The minimum atomic E-state index is -0.935. The second-order valence-corrected chi connectivity index (χ2v) is 4.03.